The average Bonchev–Trinajstić information content (AvgIpc) is 2.20. The number of hydrogen-bond acceptors (Lipinski definition) is 3. The molecule has 0 radical (unpaired) electrons. The first-order chi connectivity index (χ1) is 6.69. The van der Waals surface area contributed by atoms with Crippen molar-refractivity contribution in [3.05, 3.63) is 23.4 Å². The van der Waals surface area contributed by atoms with Gasteiger partial charge in [0.15, 0.2) is 0 Å². The average molecular weight is 198 g/mol. The minimum atomic E-state index is -1.000. The fraction of sp³-hybridized carbons (Fsp3) is 0.333. The molecule has 0 aliphatic heterocycles. The fourth-order valence-corrected chi connectivity index (χ4v) is 1.02. The molecule has 76 valence electrons. The Morgan fingerprint density at radius 2 is 2.43 bits per heavy atom. The van der Waals surface area contributed by atoms with Crippen LogP contribution in [0.3, 0.4) is 0 Å². The van der Waals surface area contributed by atoms with Gasteiger partial charge in [0.2, 0.25) is 12.7 Å². The fourth-order valence-electron chi connectivity index (χ4n) is 1.02. The van der Waals surface area contributed by atoms with Gasteiger partial charge in [-0.25, -0.2) is 9.37 Å². The first kappa shape index (κ1) is 10.4. The topological polar surface area (TPSA) is 51.2 Å². The minimum Gasteiger partial charge on any atom is -0.445 e. The van der Waals surface area contributed by atoms with Crippen molar-refractivity contribution >= 4 is 5.91 Å². The van der Waals surface area contributed by atoms with Crippen molar-refractivity contribution in [2.75, 3.05) is 13.9 Å². The maximum Gasteiger partial charge on any atom is 0.256 e. The number of rotatable bonds is 3. The second kappa shape index (κ2) is 4.55. The standard InChI is InChI=1S/C9H11FN2O2/c1-6-3-7(8(13)11-2)9(12-4-6)14-5-10/h3-4H,5H2,1-2H3,(H,11,13). The van der Waals surface area contributed by atoms with Crippen molar-refractivity contribution in [1.82, 2.24) is 10.3 Å². The summed E-state index contributed by atoms with van der Waals surface area (Å²) in [6.07, 6.45) is 1.51. The lowest BCUT2D eigenvalue weighted by molar-refractivity contribution is 0.0954. The number of carbonyl (C=O) groups excluding carboxylic acids is 1. The largest absolute Gasteiger partial charge is 0.445 e. The monoisotopic (exact) mass is 198 g/mol. The molecule has 5 heteroatoms. The number of nitrogens with zero attached hydrogens (tertiary/aromatic N) is 1. The first-order valence-electron chi connectivity index (χ1n) is 4.06. The quantitative estimate of drug-likeness (QED) is 0.789. The van der Waals surface area contributed by atoms with E-state index in [-0.39, 0.29) is 17.4 Å². The number of amides is 1. The van der Waals surface area contributed by atoms with E-state index in [0.29, 0.717) is 0 Å². The van der Waals surface area contributed by atoms with Crippen LogP contribution in [0.4, 0.5) is 4.39 Å². The Hall–Kier alpha value is -1.65. The third-order valence-electron chi connectivity index (χ3n) is 1.65. The number of carbonyl (C=O) groups is 1. The van der Waals surface area contributed by atoms with E-state index < -0.39 is 6.86 Å². The van der Waals surface area contributed by atoms with Gasteiger partial charge in [-0.15, -0.1) is 0 Å². The molecule has 0 saturated heterocycles. The zero-order chi connectivity index (χ0) is 10.6. The Balaban J connectivity index is 3.08. The molecule has 1 N–H and O–H groups in total. The lowest BCUT2D eigenvalue weighted by atomic mass is 10.2. The van der Waals surface area contributed by atoms with Crippen LogP contribution >= 0.6 is 0 Å². The molecule has 14 heavy (non-hydrogen) atoms. The Morgan fingerprint density at radius 1 is 1.71 bits per heavy atom. The first-order valence-corrected chi connectivity index (χ1v) is 4.06. The molecule has 0 aliphatic rings. The molecule has 0 saturated carbocycles. The highest BCUT2D eigenvalue weighted by molar-refractivity contribution is 5.96. The highest BCUT2D eigenvalue weighted by Gasteiger charge is 2.12. The minimum absolute atomic E-state index is 0.0115. The van der Waals surface area contributed by atoms with Crippen molar-refractivity contribution in [3.8, 4) is 5.88 Å². The maximum atomic E-state index is 11.9. The number of pyridine rings is 1. The summed E-state index contributed by atoms with van der Waals surface area (Å²) in [5, 5.41) is 2.43. The van der Waals surface area contributed by atoms with Crippen LogP contribution in [0.1, 0.15) is 15.9 Å². The van der Waals surface area contributed by atoms with Crippen LogP contribution in [0, 0.1) is 6.92 Å². The molecule has 1 amide bonds. The van der Waals surface area contributed by atoms with Gasteiger partial charge >= 0.3 is 0 Å². The zero-order valence-electron chi connectivity index (χ0n) is 8.00. The molecule has 1 aromatic heterocycles. The molecule has 1 aromatic rings. The second-order valence-electron chi connectivity index (χ2n) is 2.70. The molecule has 0 unspecified atom stereocenters. The van der Waals surface area contributed by atoms with Gasteiger partial charge in [-0.05, 0) is 18.6 Å². The zero-order valence-corrected chi connectivity index (χ0v) is 8.00. The van der Waals surface area contributed by atoms with E-state index in [1.807, 2.05) is 0 Å². The summed E-state index contributed by atoms with van der Waals surface area (Å²) >= 11 is 0. The molecule has 0 spiro atoms. The lowest BCUT2D eigenvalue weighted by Gasteiger charge is -2.06. The highest BCUT2D eigenvalue weighted by atomic mass is 19.1. The van der Waals surface area contributed by atoms with Crippen LogP contribution in [0.5, 0.6) is 5.88 Å². The van der Waals surface area contributed by atoms with Crippen molar-refractivity contribution < 1.29 is 13.9 Å². The van der Waals surface area contributed by atoms with Gasteiger partial charge < -0.3 is 10.1 Å². The normalized spacial score (nSPS) is 9.64. The molecule has 0 atom stereocenters. The molecule has 0 aromatic carbocycles. The number of alkyl halides is 1. The molecular weight excluding hydrogens is 187 g/mol. The summed E-state index contributed by atoms with van der Waals surface area (Å²) in [4.78, 5) is 15.1. The molecule has 0 bridgehead atoms. The molecule has 1 heterocycles. The summed E-state index contributed by atoms with van der Waals surface area (Å²) in [7, 11) is 1.49. The predicted molar refractivity (Wildman–Crippen MR) is 49.0 cm³/mol. The Kier molecular flexibility index (Phi) is 3.39. The summed E-state index contributed by atoms with van der Waals surface area (Å²) in [6, 6.07) is 1.59. The molecule has 0 aliphatic carbocycles. The van der Waals surface area contributed by atoms with E-state index in [1.54, 1.807) is 13.0 Å². The Labute approximate surface area is 81.1 Å². The van der Waals surface area contributed by atoms with E-state index in [4.69, 9.17) is 0 Å². The molecule has 4 nitrogen and oxygen atoms in total. The van der Waals surface area contributed by atoms with Gasteiger partial charge in [0.1, 0.15) is 5.56 Å². The summed E-state index contributed by atoms with van der Waals surface area (Å²) in [5.41, 5.74) is 1.06. The molecule has 0 fully saturated rings. The predicted octanol–water partition coefficient (Wildman–Crippen LogP) is 1.06. The Morgan fingerprint density at radius 3 is 3.00 bits per heavy atom. The third-order valence-corrected chi connectivity index (χ3v) is 1.65. The van der Waals surface area contributed by atoms with Crippen molar-refractivity contribution in [1.29, 1.82) is 0 Å². The van der Waals surface area contributed by atoms with Gasteiger partial charge in [-0.1, -0.05) is 0 Å². The smallest absolute Gasteiger partial charge is 0.256 e. The van der Waals surface area contributed by atoms with E-state index in [2.05, 4.69) is 15.0 Å². The van der Waals surface area contributed by atoms with Gasteiger partial charge in [0, 0.05) is 13.2 Å². The van der Waals surface area contributed by atoms with Gasteiger partial charge in [0.05, 0.1) is 0 Å². The second-order valence-corrected chi connectivity index (χ2v) is 2.70. The Bertz CT molecular complexity index is 342. The SMILES string of the molecule is CNC(=O)c1cc(C)cnc1OCF. The van der Waals surface area contributed by atoms with Gasteiger partial charge in [-0.3, -0.25) is 4.79 Å². The van der Waals surface area contributed by atoms with Crippen LogP contribution < -0.4 is 10.1 Å². The van der Waals surface area contributed by atoms with Crippen LogP contribution in [0.2, 0.25) is 0 Å². The maximum absolute atomic E-state index is 11.9. The van der Waals surface area contributed by atoms with Crippen LogP contribution in [0.25, 0.3) is 0 Å². The summed E-state index contributed by atoms with van der Waals surface area (Å²) in [6.45, 7) is 0.790. The van der Waals surface area contributed by atoms with Crippen LogP contribution in [0.15, 0.2) is 12.3 Å². The highest BCUT2D eigenvalue weighted by Crippen LogP contribution is 2.16. The van der Waals surface area contributed by atoms with Gasteiger partial charge in [0.25, 0.3) is 5.91 Å². The number of hydrogen-bond donors (Lipinski definition) is 1. The lowest BCUT2D eigenvalue weighted by Crippen LogP contribution is -2.19. The molecule has 1 rings (SSSR count). The van der Waals surface area contributed by atoms with Crippen molar-refractivity contribution in [3.63, 3.8) is 0 Å². The number of ether oxygens (including phenoxy) is 1. The van der Waals surface area contributed by atoms with E-state index in [1.165, 1.54) is 13.2 Å². The van der Waals surface area contributed by atoms with Gasteiger partial charge in [-0.2, -0.15) is 0 Å². The van der Waals surface area contributed by atoms with E-state index >= 15 is 0 Å². The number of nitrogens with one attached hydrogen (secondary N) is 1. The number of aryl methyl sites for hydroxylation is 1. The number of halogens is 1. The van der Waals surface area contributed by atoms with Crippen LogP contribution in [-0.2, 0) is 0 Å². The van der Waals surface area contributed by atoms with Crippen molar-refractivity contribution in [2.45, 2.75) is 6.92 Å². The van der Waals surface area contributed by atoms with E-state index in [9.17, 15) is 9.18 Å². The van der Waals surface area contributed by atoms with E-state index in [0.717, 1.165) is 5.56 Å². The third kappa shape index (κ3) is 2.18. The summed E-state index contributed by atoms with van der Waals surface area (Å²) in [5.74, 6) is -0.331. The number of aromatic nitrogens is 1. The van der Waals surface area contributed by atoms with Crippen molar-refractivity contribution in [2.24, 2.45) is 0 Å². The summed E-state index contributed by atoms with van der Waals surface area (Å²) < 4.78 is 16.5. The van der Waals surface area contributed by atoms with Crippen LogP contribution in [-0.4, -0.2) is 24.8 Å². The molecular formula is C9H11FN2O2.